The number of aliphatic hydroxyl groups is 1. The van der Waals surface area contributed by atoms with Crippen LogP contribution in [0.25, 0.3) is 0 Å². The van der Waals surface area contributed by atoms with Gasteiger partial charge in [-0.25, -0.2) is 4.57 Å². The lowest BCUT2D eigenvalue weighted by Crippen LogP contribution is -2.45. The minimum atomic E-state index is -4.35. The molecule has 9 heteroatoms. The Morgan fingerprint density at radius 2 is 0.869 bits per heavy atom. The van der Waals surface area contributed by atoms with E-state index in [1.807, 2.05) is 6.08 Å². The maximum Gasteiger partial charge on any atom is 0.472 e. The van der Waals surface area contributed by atoms with Gasteiger partial charge in [0.2, 0.25) is 5.91 Å². The zero-order chi connectivity index (χ0) is 44.6. The Kier molecular flexibility index (Phi) is 47.6. The van der Waals surface area contributed by atoms with Crippen molar-refractivity contribution in [1.82, 2.24) is 5.32 Å². The van der Waals surface area contributed by atoms with E-state index in [1.54, 1.807) is 6.08 Å². The third kappa shape index (κ3) is 46.8. The fourth-order valence-electron chi connectivity index (χ4n) is 8.03. The summed E-state index contributed by atoms with van der Waals surface area (Å²) < 4.78 is 22.2. The molecule has 5 N–H and O–H groups in total. The van der Waals surface area contributed by atoms with Gasteiger partial charge in [0.05, 0.1) is 25.4 Å². The molecule has 3 unspecified atom stereocenters. The van der Waals surface area contributed by atoms with E-state index in [0.29, 0.717) is 6.42 Å². The van der Waals surface area contributed by atoms with Gasteiger partial charge in [-0.3, -0.25) is 13.8 Å². The number of allylic oxidation sites excluding steroid dienone is 3. The summed E-state index contributed by atoms with van der Waals surface area (Å²) in [5.74, 6) is -0.198. The summed E-state index contributed by atoms with van der Waals surface area (Å²) in [5.41, 5.74) is 5.39. The first kappa shape index (κ1) is 60.0. The molecule has 0 heterocycles. The van der Waals surface area contributed by atoms with Crippen LogP contribution in [0.15, 0.2) is 24.3 Å². The lowest BCUT2D eigenvalue weighted by atomic mass is 10.0. The fourth-order valence-corrected chi connectivity index (χ4v) is 8.79. The average Bonchev–Trinajstić information content (AvgIpc) is 3.25. The van der Waals surface area contributed by atoms with Crippen LogP contribution in [0.2, 0.25) is 0 Å². The summed E-state index contributed by atoms with van der Waals surface area (Å²) in [5, 5.41) is 13.7. The van der Waals surface area contributed by atoms with E-state index in [4.69, 9.17) is 14.8 Å². The molecule has 1 amide bonds. The Bertz CT molecular complexity index is 1010. The summed E-state index contributed by atoms with van der Waals surface area (Å²) in [4.78, 5) is 22.8. The zero-order valence-electron chi connectivity index (χ0n) is 40.4. The molecule has 0 fully saturated rings. The van der Waals surface area contributed by atoms with Gasteiger partial charge in [0.1, 0.15) is 0 Å². The van der Waals surface area contributed by atoms with Crippen LogP contribution >= 0.6 is 7.82 Å². The predicted molar refractivity (Wildman–Crippen MR) is 263 cm³/mol. The molecule has 0 aromatic rings. The summed E-state index contributed by atoms with van der Waals surface area (Å²) in [6.07, 6.45) is 58.2. The Balaban J connectivity index is 4.08. The second kappa shape index (κ2) is 48.4. The van der Waals surface area contributed by atoms with Gasteiger partial charge in [0, 0.05) is 13.0 Å². The molecule has 0 aromatic heterocycles. The quantitative estimate of drug-likeness (QED) is 0.0272. The van der Waals surface area contributed by atoms with Crippen molar-refractivity contribution >= 4 is 13.7 Å². The number of unbranched alkanes of at least 4 members (excludes halogenated alkanes) is 36. The molecule has 61 heavy (non-hydrogen) atoms. The largest absolute Gasteiger partial charge is 0.472 e. The molecule has 0 aromatic carbocycles. The maximum atomic E-state index is 12.8. The molecule has 0 saturated heterocycles. The highest BCUT2D eigenvalue weighted by molar-refractivity contribution is 7.47. The molecular weight excluding hydrogens is 780 g/mol. The maximum absolute atomic E-state index is 12.8. The van der Waals surface area contributed by atoms with Crippen molar-refractivity contribution in [2.45, 2.75) is 283 Å². The van der Waals surface area contributed by atoms with Crippen molar-refractivity contribution < 1.29 is 28.4 Å². The molecule has 0 radical (unpaired) electrons. The van der Waals surface area contributed by atoms with Gasteiger partial charge >= 0.3 is 7.82 Å². The number of nitrogens with one attached hydrogen (secondary N) is 1. The number of nitrogens with two attached hydrogens (primary N) is 1. The number of hydrogen-bond acceptors (Lipinski definition) is 6. The number of phosphoric ester groups is 1. The van der Waals surface area contributed by atoms with Crippen molar-refractivity contribution in [2.75, 3.05) is 19.8 Å². The molecule has 0 aliphatic rings. The van der Waals surface area contributed by atoms with Gasteiger partial charge in [-0.05, 0) is 32.1 Å². The highest BCUT2D eigenvalue weighted by atomic mass is 31.2. The second-order valence-corrected chi connectivity index (χ2v) is 19.5. The highest BCUT2D eigenvalue weighted by Crippen LogP contribution is 2.43. The zero-order valence-corrected chi connectivity index (χ0v) is 41.3. The fraction of sp³-hybridized carbons (Fsp3) is 0.904. The molecule has 0 bridgehead atoms. The standard InChI is InChI=1S/C52H103N2O6P/c1-3-5-7-9-11-13-15-17-19-21-23-25-26-28-30-32-34-36-38-40-42-44-46-52(56)54-50(49-60-61(57,58)59-48-47-53)51(55)45-43-41-39-37-35-33-31-29-27-24-22-20-18-16-14-12-10-8-6-4-2/h35,37,43,45,50-51,55H,3-34,36,38-42,44,46-49,53H2,1-2H3,(H,54,56)(H,57,58)/b37-35+,45-43+. The van der Waals surface area contributed by atoms with Gasteiger partial charge in [-0.15, -0.1) is 0 Å². The van der Waals surface area contributed by atoms with Gasteiger partial charge in [0.15, 0.2) is 0 Å². The molecule has 0 saturated carbocycles. The van der Waals surface area contributed by atoms with E-state index in [0.717, 1.165) is 38.5 Å². The van der Waals surface area contributed by atoms with Crippen LogP contribution in [0.4, 0.5) is 0 Å². The number of rotatable bonds is 50. The van der Waals surface area contributed by atoms with E-state index in [2.05, 4.69) is 31.3 Å². The molecule has 0 spiro atoms. The highest BCUT2D eigenvalue weighted by Gasteiger charge is 2.26. The Hall–Kier alpha value is -1.02. The number of hydrogen-bond donors (Lipinski definition) is 4. The molecule has 0 aliphatic heterocycles. The number of amides is 1. The first-order valence-corrected chi connectivity index (χ1v) is 28.0. The van der Waals surface area contributed by atoms with Gasteiger partial charge in [-0.1, -0.05) is 256 Å². The Labute approximate surface area is 378 Å². The van der Waals surface area contributed by atoms with Crippen molar-refractivity contribution in [3.63, 3.8) is 0 Å². The third-order valence-corrected chi connectivity index (χ3v) is 13.0. The minimum Gasteiger partial charge on any atom is -0.387 e. The SMILES string of the molecule is CCCCCCCCCCCCCCCC/C=C/CC/C=C/C(O)C(COP(=O)(O)OCCN)NC(=O)CCCCCCCCCCCCCCCCCCCCCCCC. The van der Waals surface area contributed by atoms with E-state index in [9.17, 15) is 19.4 Å². The summed E-state index contributed by atoms with van der Waals surface area (Å²) in [6.45, 7) is 4.16. The van der Waals surface area contributed by atoms with Crippen molar-refractivity contribution in [1.29, 1.82) is 0 Å². The van der Waals surface area contributed by atoms with Crippen LogP contribution in [0.1, 0.15) is 271 Å². The van der Waals surface area contributed by atoms with Gasteiger partial charge < -0.3 is 21.1 Å². The minimum absolute atomic E-state index is 0.0763. The van der Waals surface area contributed by atoms with Crippen LogP contribution in [0.3, 0.4) is 0 Å². The monoisotopic (exact) mass is 883 g/mol. The average molecular weight is 883 g/mol. The number of aliphatic hydroxyl groups excluding tert-OH is 1. The number of carbonyl (C=O) groups excluding carboxylic acids is 1. The molecule has 0 rings (SSSR count). The third-order valence-electron chi connectivity index (χ3n) is 12.0. The van der Waals surface area contributed by atoms with Crippen LogP contribution in [0, 0.1) is 0 Å². The van der Waals surface area contributed by atoms with Crippen molar-refractivity contribution in [2.24, 2.45) is 5.73 Å². The number of phosphoric acid groups is 1. The molecular formula is C52H103N2O6P. The second-order valence-electron chi connectivity index (χ2n) is 18.1. The smallest absolute Gasteiger partial charge is 0.387 e. The van der Waals surface area contributed by atoms with Crippen molar-refractivity contribution in [3.05, 3.63) is 24.3 Å². The topological polar surface area (TPSA) is 131 Å². The molecule has 0 aliphatic carbocycles. The van der Waals surface area contributed by atoms with E-state index < -0.39 is 20.0 Å². The van der Waals surface area contributed by atoms with Crippen LogP contribution in [0.5, 0.6) is 0 Å². The first-order chi connectivity index (χ1) is 29.9. The summed E-state index contributed by atoms with van der Waals surface area (Å²) in [6, 6.07) is -0.874. The Morgan fingerprint density at radius 1 is 0.525 bits per heavy atom. The van der Waals surface area contributed by atoms with Crippen LogP contribution < -0.4 is 11.1 Å². The molecule has 3 atom stereocenters. The predicted octanol–water partition coefficient (Wildman–Crippen LogP) is 15.7. The van der Waals surface area contributed by atoms with E-state index in [1.165, 1.54) is 212 Å². The van der Waals surface area contributed by atoms with Crippen molar-refractivity contribution in [3.8, 4) is 0 Å². The van der Waals surface area contributed by atoms with Gasteiger partial charge in [0.25, 0.3) is 0 Å². The van der Waals surface area contributed by atoms with Crippen LogP contribution in [-0.2, 0) is 18.4 Å². The molecule has 8 nitrogen and oxygen atoms in total. The summed E-state index contributed by atoms with van der Waals surface area (Å²) >= 11 is 0. The lowest BCUT2D eigenvalue weighted by molar-refractivity contribution is -0.123. The molecule has 362 valence electrons. The normalized spacial score (nSPS) is 14.0. The van der Waals surface area contributed by atoms with Crippen LogP contribution in [-0.4, -0.2) is 47.8 Å². The Morgan fingerprint density at radius 3 is 1.26 bits per heavy atom. The van der Waals surface area contributed by atoms with Gasteiger partial charge in [-0.2, -0.15) is 0 Å². The first-order valence-electron chi connectivity index (χ1n) is 26.5. The van der Waals surface area contributed by atoms with E-state index >= 15 is 0 Å². The number of carbonyl (C=O) groups is 1. The van der Waals surface area contributed by atoms with E-state index in [-0.39, 0.29) is 25.7 Å². The lowest BCUT2D eigenvalue weighted by Gasteiger charge is -2.23. The summed E-state index contributed by atoms with van der Waals surface area (Å²) in [7, 11) is -4.35.